The van der Waals surface area contributed by atoms with Gasteiger partial charge in [-0.1, -0.05) is 30.9 Å². The predicted molar refractivity (Wildman–Crippen MR) is 70.9 cm³/mol. The molecule has 17 heavy (non-hydrogen) atoms. The van der Waals surface area contributed by atoms with Crippen LogP contribution >= 0.6 is 11.6 Å². The molecule has 0 aromatic heterocycles. The Morgan fingerprint density at radius 1 is 1.18 bits per heavy atom. The molecule has 1 saturated carbocycles. The van der Waals surface area contributed by atoms with Gasteiger partial charge < -0.3 is 10.1 Å². The molecule has 1 heterocycles. The quantitative estimate of drug-likeness (QED) is 0.812. The van der Waals surface area contributed by atoms with Gasteiger partial charge in [0.1, 0.15) is 12.4 Å². The van der Waals surface area contributed by atoms with Gasteiger partial charge in [-0.3, -0.25) is 0 Å². The van der Waals surface area contributed by atoms with E-state index in [-0.39, 0.29) is 0 Å². The number of rotatable bonds is 1. The molecule has 0 saturated heterocycles. The van der Waals surface area contributed by atoms with Crippen LogP contribution in [0.25, 0.3) is 0 Å². The summed E-state index contributed by atoms with van der Waals surface area (Å²) in [6, 6.07) is 6.25. The molecular weight excluding hydrogens is 234 g/mol. The maximum atomic E-state index is 6.01. The van der Waals surface area contributed by atoms with Gasteiger partial charge in [0.15, 0.2) is 0 Å². The van der Waals surface area contributed by atoms with Crippen molar-refractivity contribution in [2.24, 2.45) is 5.92 Å². The normalized spacial score (nSPS) is 24.6. The molecule has 1 aromatic rings. The summed E-state index contributed by atoms with van der Waals surface area (Å²) in [6.07, 6.45) is 6.79. The molecule has 1 N–H and O–H groups in total. The molecular formula is C14H18ClNO. The average molecular weight is 252 g/mol. The molecule has 3 rings (SSSR count). The summed E-state index contributed by atoms with van der Waals surface area (Å²) >= 11 is 6.01. The molecule has 1 aliphatic heterocycles. The van der Waals surface area contributed by atoms with Crippen LogP contribution in [0.1, 0.15) is 32.1 Å². The van der Waals surface area contributed by atoms with Crippen LogP contribution in [-0.2, 0) is 0 Å². The predicted octanol–water partition coefficient (Wildman–Crippen LogP) is 4.09. The summed E-state index contributed by atoms with van der Waals surface area (Å²) in [5.41, 5.74) is 1.05. The summed E-state index contributed by atoms with van der Waals surface area (Å²) in [6.45, 7) is 0.791. The molecule has 1 atom stereocenters. The van der Waals surface area contributed by atoms with Gasteiger partial charge in [-0.05, 0) is 37.0 Å². The van der Waals surface area contributed by atoms with Crippen molar-refractivity contribution in [3.8, 4) is 5.75 Å². The Bertz CT molecular complexity index is 401. The van der Waals surface area contributed by atoms with Gasteiger partial charge in [-0.2, -0.15) is 0 Å². The van der Waals surface area contributed by atoms with Crippen LogP contribution < -0.4 is 10.1 Å². The topological polar surface area (TPSA) is 21.3 Å². The lowest BCUT2D eigenvalue weighted by molar-refractivity contribution is 0.214. The molecule has 2 nitrogen and oxygen atoms in total. The SMILES string of the molecule is Clc1ccc2c(c1)NC(C1CCCCC1)CO2. The number of ether oxygens (including phenoxy) is 1. The highest BCUT2D eigenvalue weighted by Gasteiger charge is 2.27. The van der Waals surface area contributed by atoms with Gasteiger partial charge in [-0.15, -0.1) is 0 Å². The van der Waals surface area contributed by atoms with E-state index in [9.17, 15) is 0 Å². The van der Waals surface area contributed by atoms with Crippen LogP contribution in [0.3, 0.4) is 0 Å². The number of fused-ring (bicyclic) bond motifs is 1. The van der Waals surface area contributed by atoms with Crippen molar-refractivity contribution in [1.29, 1.82) is 0 Å². The summed E-state index contributed by atoms with van der Waals surface area (Å²) in [5, 5.41) is 4.37. The smallest absolute Gasteiger partial charge is 0.142 e. The molecule has 1 unspecified atom stereocenters. The average Bonchev–Trinajstić information content (AvgIpc) is 2.39. The number of benzene rings is 1. The molecule has 0 bridgehead atoms. The maximum Gasteiger partial charge on any atom is 0.142 e. The Morgan fingerprint density at radius 2 is 2.00 bits per heavy atom. The number of nitrogens with one attached hydrogen (secondary N) is 1. The van der Waals surface area contributed by atoms with E-state index in [4.69, 9.17) is 16.3 Å². The number of anilines is 1. The molecule has 92 valence electrons. The Labute approximate surface area is 107 Å². The highest BCUT2D eigenvalue weighted by Crippen LogP contribution is 2.36. The zero-order valence-electron chi connectivity index (χ0n) is 9.92. The van der Waals surface area contributed by atoms with Crippen LogP contribution in [0.5, 0.6) is 5.75 Å². The van der Waals surface area contributed by atoms with E-state index in [1.54, 1.807) is 0 Å². The first-order valence-electron chi connectivity index (χ1n) is 6.52. The third-order valence-corrected chi connectivity index (χ3v) is 4.15. The molecule has 0 radical (unpaired) electrons. The summed E-state index contributed by atoms with van der Waals surface area (Å²) in [4.78, 5) is 0. The van der Waals surface area contributed by atoms with Crippen molar-refractivity contribution >= 4 is 17.3 Å². The van der Waals surface area contributed by atoms with Gasteiger partial charge in [0, 0.05) is 5.02 Å². The van der Waals surface area contributed by atoms with E-state index >= 15 is 0 Å². The van der Waals surface area contributed by atoms with Crippen molar-refractivity contribution in [1.82, 2.24) is 0 Å². The van der Waals surface area contributed by atoms with Crippen LogP contribution in [0.4, 0.5) is 5.69 Å². The van der Waals surface area contributed by atoms with Gasteiger partial charge in [0.25, 0.3) is 0 Å². The molecule has 1 fully saturated rings. The first-order valence-corrected chi connectivity index (χ1v) is 6.89. The zero-order chi connectivity index (χ0) is 11.7. The minimum atomic E-state index is 0.460. The third-order valence-electron chi connectivity index (χ3n) is 3.92. The second-order valence-electron chi connectivity index (χ2n) is 5.10. The Balaban J connectivity index is 1.75. The number of halogens is 1. The summed E-state index contributed by atoms with van der Waals surface area (Å²) in [7, 11) is 0. The molecule has 2 aliphatic rings. The van der Waals surface area contributed by atoms with Crippen molar-refractivity contribution in [3.63, 3.8) is 0 Å². The molecule has 0 spiro atoms. The first kappa shape index (κ1) is 11.2. The fraction of sp³-hybridized carbons (Fsp3) is 0.571. The van der Waals surface area contributed by atoms with Gasteiger partial charge in [0.05, 0.1) is 11.7 Å². The van der Waals surface area contributed by atoms with E-state index in [0.717, 1.165) is 29.0 Å². The van der Waals surface area contributed by atoms with Crippen LogP contribution in [0.15, 0.2) is 18.2 Å². The second kappa shape index (κ2) is 4.77. The van der Waals surface area contributed by atoms with Gasteiger partial charge >= 0.3 is 0 Å². The Hall–Kier alpha value is -0.890. The Morgan fingerprint density at radius 3 is 2.82 bits per heavy atom. The molecule has 1 aromatic carbocycles. The number of hydrogen-bond acceptors (Lipinski definition) is 2. The summed E-state index contributed by atoms with van der Waals surface area (Å²) in [5.74, 6) is 1.69. The van der Waals surface area contributed by atoms with E-state index < -0.39 is 0 Å². The highest BCUT2D eigenvalue weighted by molar-refractivity contribution is 6.30. The molecule has 0 amide bonds. The lowest BCUT2D eigenvalue weighted by atomic mass is 9.83. The van der Waals surface area contributed by atoms with Crippen LogP contribution in [0.2, 0.25) is 5.02 Å². The van der Waals surface area contributed by atoms with Crippen molar-refractivity contribution in [3.05, 3.63) is 23.2 Å². The van der Waals surface area contributed by atoms with Crippen molar-refractivity contribution < 1.29 is 4.74 Å². The second-order valence-corrected chi connectivity index (χ2v) is 5.54. The standard InChI is InChI=1S/C14H18ClNO/c15-11-6-7-14-12(8-11)16-13(9-17-14)10-4-2-1-3-5-10/h6-8,10,13,16H,1-5,9H2. The fourth-order valence-electron chi connectivity index (χ4n) is 2.95. The zero-order valence-corrected chi connectivity index (χ0v) is 10.7. The molecule has 3 heteroatoms. The van der Waals surface area contributed by atoms with Crippen LogP contribution in [-0.4, -0.2) is 12.6 Å². The van der Waals surface area contributed by atoms with E-state index in [1.165, 1.54) is 32.1 Å². The van der Waals surface area contributed by atoms with Crippen LogP contribution in [0, 0.1) is 5.92 Å². The Kier molecular flexibility index (Phi) is 3.15. The van der Waals surface area contributed by atoms with Crippen molar-refractivity contribution in [2.45, 2.75) is 38.1 Å². The van der Waals surface area contributed by atoms with Gasteiger partial charge in [-0.25, -0.2) is 0 Å². The highest BCUT2D eigenvalue weighted by atomic mass is 35.5. The minimum absolute atomic E-state index is 0.460. The van der Waals surface area contributed by atoms with Crippen molar-refractivity contribution in [2.75, 3.05) is 11.9 Å². The summed E-state index contributed by atoms with van der Waals surface area (Å²) < 4.78 is 5.82. The number of hydrogen-bond donors (Lipinski definition) is 1. The van der Waals surface area contributed by atoms with E-state index in [1.807, 2.05) is 18.2 Å². The minimum Gasteiger partial charge on any atom is -0.489 e. The van der Waals surface area contributed by atoms with Gasteiger partial charge in [0.2, 0.25) is 0 Å². The van der Waals surface area contributed by atoms with E-state index in [2.05, 4.69) is 5.32 Å². The van der Waals surface area contributed by atoms with E-state index in [0.29, 0.717) is 6.04 Å². The third kappa shape index (κ3) is 2.37. The molecule has 1 aliphatic carbocycles. The lowest BCUT2D eigenvalue weighted by Crippen LogP contribution is -2.38. The first-order chi connectivity index (χ1) is 8.33. The largest absolute Gasteiger partial charge is 0.489 e. The fourth-order valence-corrected chi connectivity index (χ4v) is 3.12. The lowest BCUT2D eigenvalue weighted by Gasteiger charge is -2.35. The maximum absolute atomic E-state index is 6.01. The monoisotopic (exact) mass is 251 g/mol.